The lowest BCUT2D eigenvalue weighted by Crippen LogP contribution is -2.63. The summed E-state index contributed by atoms with van der Waals surface area (Å²) in [5.74, 6) is -0.631. The van der Waals surface area contributed by atoms with E-state index in [2.05, 4.69) is 22.6 Å². The fourth-order valence-corrected chi connectivity index (χ4v) is 5.31. The number of hydrogen-bond acceptors (Lipinski definition) is 7. The number of carbonyl (C=O) groups excluding carboxylic acids is 3. The Hall–Kier alpha value is -0.710. The van der Waals surface area contributed by atoms with E-state index in [0.29, 0.717) is 0 Å². The van der Waals surface area contributed by atoms with Crippen LogP contribution in [-0.4, -0.2) is 55.9 Å². The lowest BCUT2D eigenvalue weighted by atomic mass is 9.98. The smallest absolute Gasteiger partial charge is 0.434 e. The fourth-order valence-electron chi connectivity index (χ4n) is 2.67. The normalized spacial score (nSPS) is 28.6. The van der Waals surface area contributed by atoms with Gasteiger partial charge in [-0.1, -0.05) is 35.9 Å². The van der Waals surface area contributed by atoms with Crippen molar-refractivity contribution < 1.29 is 28.6 Å². The highest BCUT2D eigenvalue weighted by Crippen LogP contribution is 2.53. The van der Waals surface area contributed by atoms with Crippen LogP contribution in [0.4, 0.5) is 4.79 Å². The SMILES string of the molecule is CCCCOC(=O)OC(C)OC(=O)[C@@H]1N2C(=O)[C@H](I)[C@H]2SC1(C)C. The van der Waals surface area contributed by atoms with Crippen molar-refractivity contribution in [2.75, 3.05) is 6.61 Å². The highest BCUT2D eigenvalue weighted by molar-refractivity contribution is 14.1. The first kappa shape index (κ1) is 19.6. The number of carbonyl (C=O) groups is 3. The molecule has 0 N–H and O–H groups in total. The molecule has 0 radical (unpaired) electrons. The Morgan fingerprint density at radius 2 is 2.04 bits per heavy atom. The number of thioether (sulfide) groups is 1. The maximum absolute atomic E-state index is 12.5. The highest BCUT2D eigenvalue weighted by atomic mass is 127. The summed E-state index contributed by atoms with van der Waals surface area (Å²) in [5, 5.41) is -0.0131. The molecule has 24 heavy (non-hydrogen) atoms. The zero-order valence-corrected chi connectivity index (χ0v) is 17.1. The minimum Gasteiger partial charge on any atom is -0.434 e. The first-order chi connectivity index (χ1) is 11.2. The second-order valence-corrected chi connectivity index (χ2v) is 9.35. The number of hydrogen-bond donors (Lipinski definition) is 0. The van der Waals surface area contributed by atoms with E-state index in [1.165, 1.54) is 6.92 Å². The van der Waals surface area contributed by atoms with Gasteiger partial charge < -0.3 is 19.1 Å². The van der Waals surface area contributed by atoms with Gasteiger partial charge in [0.1, 0.15) is 15.3 Å². The van der Waals surface area contributed by atoms with Crippen LogP contribution in [0.1, 0.15) is 40.5 Å². The van der Waals surface area contributed by atoms with Crippen molar-refractivity contribution in [3.8, 4) is 0 Å². The molecule has 2 heterocycles. The third-order valence-electron chi connectivity index (χ3n) is 3.86. The molecule has 2 saturated heterocycles. The zero-order valence-electron chi connectivity index (χ0n) is 14.1. The predicted molar refractivity (Wildman–Crippen MR) is 96.8 cm³/mol. The van der Waals surface area contributed by atoms with Crippen LogP contribution < -0.4 is 0 Å². The van der Waals surface area contributed by atoms with Crippen molar-refractivity contribution in [3.63, 3.8) is 0 Å². The Balaban J connectivity index is 1.89. The Kier molecular flexibility index (Phi) is 6.27. The molecular formula is C15H22INO6S. The summed E-state index contributed by atoms with van der Waals surface area (Å²) in [7, 11) is 0. The predicted octanol–water partition coefficient (Wildman–Crippen LogP) is 2.69. The van der Waals surface area contributed by atoms with E-state index in [0.717, 1.165) is 12.8 Å². The van der Waals surface area contributed by atoms with Gasteiger partial charge in [-0.05, 0) is 20.3 Å². The maximum atomic E-state index is 12.5. The lowest BCUT2D eigenvalue weighted by molar-refractivity contribution is -0.179. The van der Waals surface area contributed by atoms with Crippen LogP contribution >= 0.6 is 34.4 Å². The monoisotopic (exact) mass is 471 g/mol. The molecule has 9 heteroatoms. The van der Waals surface area contributed by atoms with Crippen molar-refractivity contribution in [1.82, 2.24) is 4.90 Å². The molecule has 4 atom stereocenters. The van der Waals surface area contributed by atoms with E-state index in [1.807, 2.05) is 20.8 Å². The molecule has 0 aromatic carbocycles. The van der Waals surface area contributed by atoms with Gasteiger partial charge in [0, 0.05) is 11.7 Å². The first-order valence-corrected chi connectivity index (χ1v) is 9.99. The molecule has 1 amide bonds. The Bertz CT molecular complexity index is 528. The molecule has 0 spiro atoms. The van der Waals surface area contributed by atoms with E-state index in [4.69, 9.17) is 14.2 Å². The van der Waals surface area contributed by atoms with Crippen LogP contribution in [0.25, 0.3) is 0 Å². The second kappa shape index (κ2) is 7.67. The van der Waals surface area contributed by atoms with Crippen molar-refractivity contribution in [2.24, 2.45) is 0 Å². The highest BCUT2D eigenvalue weighted by Gasteiger charge is 2.63. The van der Waals surface area contributed by atoms with E-state index >= 15 is 0 Å². The molecule has 0 aromatic rings. The number of esters is 1. The van der Waals surface area contributed by atoms with Crippen LogP contribution in [0.2, 0.25) is 0 Å². The summed E-state index contributed by atoms with van der Waals surface area (Å²) in [6.45, 7) is 7.51. The molecule has 0 saturated carbocycles. The number of rotatable bonds is 6. The van der Waals surface area contributed by atoms with Crippen molar-refractivity contribution in [3.05, 3.63) is 0 Å². The van der Waals surface area contributed by atoms with Gasteiger partial charge in [0.05, 0.1) is 6.61 Å². The number of fused-ring (bicyclic) bond motifs is 1. The summed E-state index contributed by atoms with van der Waals surface area (Å²) in [6, 6.07) is -0.687. The number of alkyl halides is 1. The Morgan fingerprint density at radius 3 is 2.67 bits per heavy atom. The van der Waals surface area contributed by atoms with Gasteiger partial charge in [-0.2, -0.15) is 0 Å². The third-order valence-corrected chi connectivity index (χ3v) is 7.13. The van der Waals surface area contributed by atoms with Crippen LogP contribution in [0.5, 0.6) is 0 Å². The molecular weight excluding hydrogens is 449 g/mol. The van der Waals surface area contributed by atoms with Gasteiger partial charge >= 0.3 is 12.1 Å². The number of amides is 1. The molecule has 0 bridgehead atoms. The largest absolute Gasteiger partial charge is 0.511 e. The minimum atomic E-state index is -1.07. The second-order valence-electron chi connectivity index (χ2n) is 6.24. The van der Waals surface area contributed by atoms with Crippen molar-refractivity contribution >= 4 is 52.4 Å². The van der Waals surface area contributed by atoms with Gasteiger partial charge in [0.25, 0.3) is 0 Å². The summed E-state index contributed by atoms with van der Waals surface area (Å²) in [5.41, 5.74) is 0. The minimum absolute atomic E-state index is 0.0131. The fraction of sp³-hybridized carbons (Fsp3) is 0.800. The first-order valence-electron chi connectivity index (χ1n) is 7.87. The summed E-state index contributed by atoms with van der Waals surface area (Å²) in [6.07, 6.45) is -0.297. The average molecular weight is 471 g/mol. The van der Waals surface area contributed by atoms with E-state index in [1.54, 1.807) is 16.7 Å². The van der Waals surface area contributed by atoms with E-state index < -0.39 is 29.2 Å². The maximum Gasteiger partial charge on any atom is 0.511 e. The zero-order chi connectivity index (χ0) is 18.1. The Morgan fingerprint density at radius 1 is 1.38 bits per heavy atom. The van der Waals surface area contributed by atoms with Gasteiger partial charge in [-0.3, -0.25) is 4.79 Å². The average Bonchev–Trinajstić information content (AvgIpc) is 2.75. The molecule has 2 aliphatic rings. The molecule has 136 valence electrons. The summed E-state index contributed by atoms with van der Waals surface area (Å²) in [4.78, 5) is 37.6. The molecule has 1 unspecified atom stereocenters. The number of β-lactam (4-membered cyclic amide) rings is 1. The third kappa shape index (κ3) is 3.92. The van der Waals surface area contributed by atoms with Gasteiger partial charge in [0.2, 0.25) is 12.2 Å². The lowest BCUT2D eigenvalue weighted by Gasteiger charge is -2.41. The van der Waals surface area contributed by atoms with Gasteiger partial charge in [-0.25, -0.2) is 9.59 Å². The number of halogens is 1. The number of unbranched alkanes of at least 4 members (excludes halogenated alkanes) is 1. The molecule has 0 aromatic heterocycles. The van der Waals surface area contributed by atoms with Crippen LogP contribution in [0.15, 0.2) is 0 Å². The quantitative estimate of drug-likeness (QED) is 0.147. The molecule has 2 rings (SSSR count). The summed E-state index contributed by atoms with van der Waals surface area (Å²) < 4.78 is 14.4. The summed E-state index contributed by atoms with van der Waals surface area (Å²) >= 11 is 3.68. The molecule has 0 aliphatic carbocycles. The molecule has 7 nitrogen and oxygen atoms in total. The Labute approximate surface area is 159 Å². The van der Waals surface area contributed by atoms with Crippen LogP contribution in [-0.2, 0) is 23.8 Å². The van der Waals surface area contributed by atoms with Gasteiger partial charge in [0.15, 0.2) is 0 Å². The van der Waals surface area contributed by atoms with E-state index in [-0.39, 0.29) is 21.8 Å². The number of ether oxygens (including phenoxy) is 3. The van der Waals surface area contributed by atoms with Crippen molar-refractivity contribution in [2.45, 2.75) is 66.9 Å². The van der Waals surface area contributed by atoms with Gasteiger partial charge in [-0.15, -0.1) is 11.8 Å². The van der Waals surface area contributed by atoms with Crippen LogP contribution in [0.3, 0.4) is 0 Å². The molecule has 2 aliphatic heterocycles. The van der Waals surface area contributed by atoms with Crippen molar-refractivity contribution in [1.29, 1.82) is 0 Å². The molecule has 2 fully saturated rings. The topological polar surface area (TPSA) is 82.1 Å². The standard InChI is InChI=1S/C15H22INO6S/c1-5-6-7-21-14(20)23-8(2)22-13(19)10-15(3,4)24-12-9(16)11(18)17(10)12/h8-10,12H,5-7H2,1-4H3/t8?,9-,10-,12+/m0/s1. The number of nitrogens with zero attached hydrogens (tertiary/aromatic N) is 1. The van der Waals surface area contributed by atoms with Crippen LogP contribution in [0, 0.1) is 0 Å². The van der Waals surface area contributed by atoms with E-state index in [9.17, 15) is 14.4 Å².